The molecule has 0 bridgehead atoms. The van der Waals surface area contributed by atoms with Crippen molar-refractivity contribution in [3.05, 3.63) is 52.8 Å². The summed E-state index contributed by atoms with van der Waals surface area (Å²) in [6.07, 6.45) is 6.45. The van der Waals surface area contributed by atoms with E-state index in [4.69, 9.17) is 0 Å². The number of rotatable bonds is 5. The third-order valence-corrected chi connectivity index (χ3v) is 6.71. The molecule has 2 heterocycles. The molecule has 7 nitrogen and oxygen atoms in total. The monoisotopic (exact) mass is 390 g/mol. The van der Waals surface area contributed by atoms with Crippen LogP contribution in [0.15, 0.2) is 46.7 Å². The van der Waals surface area contributed by atoms with Gasteiger partial charge in [0.15, 0.2) is 0 Å². The molecule has 1 saturated heterocycles. The van der Waals surface area contributed by atoms with Crippen molar-refractivity contribution < 1.29 is 18.3 Å². The number of benzene rings is 1. The number of aromatic nitrogens is 1. The molecule has 1 aliphatic rings. The summed E-state index contributed by atoms with van der Waals surface area (Å²) in [7, 11) is -3.73. The van der Waals surface area contributed by atoms with Crippen LogP contribution < -0.4 is 5.43 Å². The molecule has 27 heavy (non-hydrogen) atoms. The first-order valence-corrected chi connectivity index (χ1v) is 10.3. The number of hydrogen-bond acceptors (Lipinski definition) is 4. The molecule has 0 atom stereocenters. The van der Waals surface area contributed by atoms with Crippen molar-refractivity contribution in [3.8, 4) is 0 Å². The SMILES string of the molecule is C=CCn1cc(C(=O)O)c(=O)c2cc(S(=O)(=O)N3CCCCCC3)ccc21. The number of allylic oxidation sites excluding steroid dienone is 1. The summed E-state index contributed by atoms with van der Waals surface area (Å²) in [5, 5.41) is 9.39. The van der Waals surface area contributed by atoms with Crippen molar-refractivity contribution in [1.29, 1.82) is 0 Å². The van der Waals surface area contributed by atoms with Gasteiger partial charge >= 0.3 is 5.97 Å². The predicted octanol–water partition coefficient (Wildman–Crippen LogP) is 2.45. The van der Waals surface area contributed by atoms with E-state index >= 15 is 0 Å². The summed E-state index contributed by atoms with van der Waals surface area (Å²) in [6.45, 7) is 4.85. The van der Waals surface area contributed by atoms with Crippen LogP contribution in [0.3, 0.4) is 0 Å². The fourth-order valence-electron chi connectivity index (χ4n) is 3.41. The molecule has 1 N–H and O–H groups in total. The van der Waals surface area contributed by atoms with E-state index in [0.717, 1.165) is 25.7 Å². The van der Waals surface area contributed by atoms with Crippen molar-refractivity contribution in [2.24, 2.45) is 0 Å². The quantitative estimate of drug-likeness (QED) is 0.791. The van der Waals surface area contributed by atoms with Gasteiger partial charge in [0.2, 0.25) is 15.5 Å². The van der Waals surface area contributed by atoms with Gasteiger partial charge in [-0.05, 0) is 31.0 Å². The highest BCUT2D eigenvalue weighted by atomic mass is 32.2. The molecule has 0 unspecified atom stereocenters. The smallest absolute Gasteiger partial charge is 0.341 e. The van der Waals surface area contributed by atoms with Crippen LogP contribution in [0.4, 0.5) is 0 Å². The maximum Gasteiger partial charge on any atom is 0.341 e. The predicted molar refractivity (Wildman–Crippen MR) is 103 cm³/mol. The molecule has 8 heteroatoms. The largest absolute Gasteiger partial charge is 0.477 e. The van der Waals surface area contributed by atoms with E-state index in [-0.39, 0.29) is 10.3 Å². The van der Waals surface area contributed by atoms with Gasteiger partial charge in [-0.2, -0.15) is 4.31 Å². The molecule has 1 aromatic heterocycles. The maximum absolute atomic E-state index is 13.0. The van der Waals surface area contributed by atoms with Crippen LogP contribution in [-0.4, -0.2) is 41.5 Å². The third-order valence-electron chi connectivity index (χ3n) is 4.81. The maximum atomic E-state index is 13.0. The van der Waals surface area contributed by atoms with Gasteiger partial charge in [-0.15, -0.1) is 6.58 Å². The first kappa shape index (κ1) is 19.3. The van der Waals surface area contributed by atoms with Gasteiger partial charge in [0.1, 0.15) is 5.56 Å². The molecule has 144 valence electrons. The van der Waals surface area contributed by atoms with Gasteiger partial charge in [0.05, 0.1) is 10.4 Å². The minimum Gasteiger partial charge on any atom is -0.477 e. The Morgan fingerprint density at radius 3 is 2.44 bits per heavy atom. The summed E-state index contributed by atoms with van der Waals surface area (Å²) in [4.78, 5) is 24.0. The first-order chi connectivity index (χ1) is 12.9. The fraction of sp³-hybridized carbons (Fsp3) is 0.368. The third kappa shape index (κ3) is 3.68. The zero-order chi connectivity index (χ0) is 19.6. The zero-order valence-corrected chi connectivity index (χ0v) is 15.7. The molecule has 0 aliphatic carbocycles. The highest BCUT2D eigenvalue weighted by Gasteiger charge is 2.26. The lowest BCUT2D eigenvalue weighted by Gasteiger charge is -2.20. The number of hydrogen-bond donors (Lipinski definition) is 1. The van der Waals surface area contributed by atoms with Crippen LogP contribution in [0.1, 0.15) is 36.0 Å². The summed E-state index contributed by atoms with van der Waals surface area (Å²) in [6, 6.07) is 4.32. The van der Waals surface area contributed by atoms with Crippen LogP contribution in [0.25, 0.3) is 10.9 Å². The minimum atomic E-state index is -3.73. The number of aromatic carboxylic acids is 1. The molecular formula is C19H22N2O5S. The van der Waals surface area contributed by atoms with E-state index in [2.05, 4.69) is 6.58 Å². The Labute approximate surface area is 157 Å². The van der Waals surface area contributed by atoms with Gasteiger partial charge in [-0.3, -0.25) is 4.79 Å². The number of pyridine rings is 1. The Balaban J connectivity index is 2.19. The van der Waals surface area contributed by atoms with E-state index in [1.54, 1.807) is 16.7 Å². The number of carboxylic acid groups (broad SMARTS) is 1. The Morgan fingerprint density at radius 2 is 1.85 bits per heavy atom. The van der Waals surface area contributed by atoms with E-state index in [1.807, 2.05) is 0 Å². The summed E-state index contributed by atoms with van der Waals surface area (Å²) in [5.74, 6) is -1.35. The lowest BCUT2D eigenvalue weighted by atomic mass is 10.1. The molecular weight excluding hydrogens is 368 g/mol. The van der Waals surface area contributed by atoms with E-state index in [0.29, 0.717) is 25.2 Å². The minimum absolute atomic E-state index is 0.0155. The lowest BCUT2D eigenvalue weighted by Crippen LogP contribution is -2.32. The molecule has 0 amide bonds. The highest BCUT2D eigenvalue weighted by molar-refractivity contribution is 7.89. The molecule has 1 fully saturated rings. The lowest BCUT2D eigenvalue weighted by molar-refractivity contribution is 0.0695. The molecule has 3 rings (SSSR count). The second kappa shape index (κ2) is 7.66. The van der Waals surface area contributed by atoms with E-state index in [9.17, 15) is 23.1 Å². The van der Waals surface area contributed by atoms with Crippen LogP contribution in [-0.2, 0) is 16.6 Å². The number of fused-ring (bicyclic) bond motifs is 1. The Kier molecular flexibility index (Phi) is 5.48. The topological polar surface area (TPSA) is 96.7 Å². The van der Waals surface area contributed by atoms with Gasteiger partial charge in [-0.1, -0.05) is 18.9 Å². The molecule has 1 aliphatic heterocycles. The van der Waals surface area contributed by atoms with Gasteiger partial charge < -0.3 is 9.67 Å². The number of carboxylic acids is 1. The van der Waals surface area contributed by atoms with E-state index in [1.165, 1.54) is 22.6 Å². The van der Waals surface area contributed by atoms with Crippen LogP contribution >= 0.6 is 0 Å². The number of nitrogens with zero attached hydrogens (tertiary/aromatic N) is 2. The fourth-order valence-corrected chi connectivity index (χ4v) is 4.95. The van der Waals surface area contributed by atoms with Gasteiger partial charge in [0.25, 0.3) is 0 Å². The number of carbonyl (C=O) groups is 1. The molecule has 0 spiro atoms. The van der Waals surface area contributed by atoms with Crippen molar-refractivity contribution in [1.82, 2.24) is 8.87 Å². The second-order valence-corrected chi connectivity index (χ2v) is 8.55. The number of sulfonamides is 1. The van der Waals surface area contributed by atoms with Crippen molar-refractivity contribution in [3.63, 3.8) is 0 Å². The van der Waals surface area contributed by atoms with Gasteiger partial charge in [-0.25, -0.2) is 13.2 Å². The van der Waals surface area contributed by atoms with Crippen LogP contribution in [0.2, 0.25) is 0 Å². The average molecular weight is 390 g/mol. The Morgan fingerprint density at radius 1 is 1.19 bits per heavy atom. The van der Waals surface area contributed by atoms with Crippen molar-refractivity contribution in [2.75, 3.05) is 13.1 Å². The zero-order valence-electron chi connectivity index (χ0n) is 14.9. The standard InChI is InChI=1S/C19H22N2O5S/c1-2-9-20-13-16(19(23)24)18(22)15-12-14(7-8-17(15)20)27(25,26)21-10-5-3-4-6-11-21/h2,7-8,12-13H,1,3-6,9-11H2,(H,23,24). The Bertz CT molecular complexity index is 1050. The normalized spacial score (nSPS) is 16.1. The molecule has 0 saturated carbocycles. The Hall–Kier alpha value is -2.45. The van der Waals surface area contributed by atoms with Crippen LogP contribution in [0, 0.1) is 0 Å². The second-order valence-electron chi connectivity index (χ2n) is 6.62. The van der Waals surface area contributed by atoms with Crippen molar-refractivity contribution in [2.45, 2.75) is 37.1 Å². The summed E-state index contributed by atoms with van der Waals surface area (Å²) >= 11 is 0. The first-order valence-electron chi connectivity index (χ1n) is 8.88. The molecule has 1 aromatic carbocycles. The molecule has 0 radical (unpaired) electrons. The molecule has 2 aromatic rings. The van der Waals surface area contributed by atoms with Crippen LogP contribution in [0.5, 0.6) is 0 Å². The van der Waals surface area contributed by atoms with E-state index < -0.39 is 27.0 Å². The van der Waals surface area contributed by atoms with Crippen molar-refractivity contribution >= 4 is 26.9 Å². The highest BCUT2D eigenvalue weighted by Crippen LogP contribution is 2.23. The summed E-state index contributed by atoms with van der Waals surface area (Å²) < 4.78 is 29.0. The average Bonchev–Trinajstić information content (AvgIpc) is 2.93. The summed E-state index contributed by atoms with van der Waals surface area (Å²) in [5.41, 5.74) is -0.612. The van der Waals surface area contributed by atoms with Gasteiger partial charge in [0, 0.05) is 31.2 Å².